The Bertz CT molecular complexity index is 1100. The quantitative estimate of drug-likeness (QED) is 0.305. The number of amides is 2. The summed E-state index contributed by atoms with van der Waals surface area (Å²) in [6.07, 6.45) is 12.6. The summed E-state index contributed by atoms with van der Waals surface area (Å²) in [5.41, 5.74) is 2.57. The monoisotopic (exact) mass is 571 g/mol. The van der Waals surface area contributed by atoms with Gasteiger partial charge < -0.3 is 20.6 Å². The van der Waals surface area contributed by atoms with Crippen LogP contribution < -0.4 is 10.6 Å². The van der Waals surface area contributed by atoms with Crippen molar-refractivity contribution in [2.45, 2.75) is 117 Å². The van der Waals surface area contributed by atoms with Crippen LogP contribution in [0.3, 0.4) is 0 Å². The van der Waals surface area contributed by atoms with Crippen LogP contribution in [0.15, 0.2) is 16.8 Å². The number of carboxylic acid groups (broad SMARTS) is 1. The molecular formula is C32H49N3O6. The van der Waals surface area contributed by atoms with Gasteiger partial charge in [-0.1, -0.05) is 44.3 Å². The number of hydrogen-bond donors (Lipinski definition) is 3. The minimum absolute atomic E-state index is 0.142. The van der Waals surface area contributed by atoms with Crippen LogP contribution in [-0.2, 0) is 24.0 Å². The maximum atomic E-state index is 12.4. The number of nitrogens with zero attached hydrogens (tertiary/aromatic N) is 1. The zero-order valence-electron chi connectivity index (χ0n) is 25.5. The molecule has 3 fully saturated rings. The van der Waals surface area contributed by atoms with E-state index >= 15 is 0 Å². The van der Waals surface area contributed by atoms with Crippen molar-refractivity contribution in [2.24, 2.45) is 39.7 Å². The fourth-order valence-electron chi connectivity index (χ4n) is 8.80. The van der Waals surface area contributed by atoms with Gasteiger partial charge in [0.15, 0.2) is 6.61 Å². The molecule has 3 N–H and O–H groups in total. The van der Waals surface area contributed by atoms with Gasteiger partial charge >= 0.3 is 5.97 Å². The number of rotatable bonds is 11. The lowest BCUT2D eigenvalue weighted by molar-refractivity contribution is -0.142. The van der Waals surface area contributed by atoms with E-state index in [2.05, 4.69) is 35.7 Å². The van der Waals surface area contributed by atoms with E-state index in [1.54, 1.807) is 6.92 Å². The maximum Gasteiger partial charge on any atom is 0.326 e. The largest absolute Gasteiger partial charge is 0.480 e. The highest BCUT2D eigenvalue weighted by atomic mass is 16.6. The van der Waals surface area contributed by atoms with Crippen molar-refractivity contribution in [1.29, 1.82) is 0 Å². The molecular weight excluding hydrogens is 522 g/mol. The minimum Gasteiger partial charge on any atom is -0.480 e. The average molecular weight is 572 g/mol. The highest BCUT2D eigenvalue weighted by molar-refractivity contribution is 5.96. The van der Waals surface area contributed by atoms with E-state index in [-0.39, 0.29) is 23.4 Å². The molecule has 0 aromatic heterocycles. The number of hydrogen-bond acceptors (Lipinski definition) is 6. The second kappa shape index (κ2) is 12.7. The zero-order valence-corrected chi connectivity index (χ0v) is 25.5. The second-order valence-corrected chi connectivity index (χ2v) is 13.5. The van der Waals surface area contributed by atoms with Gasteiger partial charge in [-0.05, 0) is 106 Å². The van der Waals surface area contributed by atoms with E-state index in [9.17, 15) is 24.3 Å². The normalized spacial score (nSPS) is 34.8. The summed E-state index contributed by atoms with van der Waals surface area (Å²) in [7, 11) is 0. The van der Waals surface area contributed by atoms with Gasteiger partial charge in [0.25, 0.3) is 5.91 Å². The number of oxime groups is 1. The van der Waals surface area contributed by atoms with Crippen LogP contribution in [0, 0.1) is 34.5 Å². The fourth-order valence-corrected chi connectivity index (χ4v) is 8.80. The lowest BCUT2D eigenvalue weighted by atomic mass is 9.46. The first-order valence-corrected chi connectivity index (χ1v) is 15.6. The van der Waals surface area contributed by atoms with Crippen LogP contribution >= 0.6 is 0 Å². The number of nitrogens with one attached hydrogen (secondary N) is 2. The topological polar surface area (TPSA) is 134 Å². The molecule has 0 aliphatic heterocycles. The molecule has 4 rings (SSSR count). The molecule has 228 valence electrons. The molecule has 8 atom stereocenters. The summed E-state index contributed by atoms with van der Waals surface area (Å²) in [6.45, 7) is 9.73. The van der Waals surface area contributed by atoms with Gasteiger partial charge in [0.2, 0.25) is 5.91 Å². The van der Waals surface area contributed by atoms with Crippen molar-refractivity contribution >= 4 is 29.3 Å². The number of allylic oxidation sites excluding steroid dienone is 2. The number of unbranched alkanes of at least 4 members (excludes halogenated alkanes) is 1. The molecule has 0 heterocycles. The highest BCUT2D eigenvalue weighted by Crippen LogP contribution is 2.66. The van der Waals surface area contributed by atoms with Crippen molar-refractivity contribution in [3.63, 3.8) is 0 Å². The number of Topliss-reactive ketones (excluding diaryl/α,β-unsaturated/α-hetero) is 1. The molecule has 0 aromatic carbocycles. The Kier molecular flexibility index (Phi) is 9.64. The number of carbonyl (C=O) groups is 4. The fraction of sp³-hybridized carbons (Fsp3) is 0.781. The summed E-state index contributed by atoms with van der Waals surface area (Å²) < 4.78 is 0. The third kappa shape index (κ3) is 6.38. The second-order valence-electron chi connectivity index (χ2n) is 13.5. The standard InChI is InChI=1S/C32H49N3O6/c1-6-7-8-27(30(39)40)34-29(38)19(2)33-28(37)18-41-35-22-13-15-31(4)21(17-22)9-10-23-25-12-11-24(20(3)36)32(25,5)16-14-26(23)31/h17,19,23-27H,6-16,18H2,1-5H3,(H,33,37)(H,34,38)(H,39,40)/b35-22-/t19-,23+,24-,25+,26+,27+,31+,32-/m1/s1. The molecule has 0 saturated heterocycles. The van der Waals surface area contributed by atoms with Gasteiger partial charge in [0.05, 0.1) is 5.71 Å². The molecule has 2 amide bonds. The Morgan fingerprint density at radius 1 is 1.07 bits per heavy atom. The molecule has 41 heavy (non-hydrogen) atoms. The van der Waals surface area contributed by atoms with Crippen molar-refractivity contribution in [3.05, 3.63) is 11.6 Å². The van der Waals surface area contributed by atoms with E-state index in [1.165, 1.54) is 25.3 Å². The Balaban J connectivity index is 1.30. The minimum atomic E-state index is -1.09. The molecule has 3 saturated carbocycles. The van der Waals surface area contributed by atoms with Crippen molar-refractivity contribution in [3.8, 4) is 0 Å². The molecule has 0 unspecified atom stereocenters. The summed E-state index contributed by atoms with van der Waals surface area (Å²) >= 11 is 0. The molecule has 0 radical (unpaired) electrons. The maximum absolute atomic E-state index is 12.4. The van der Waals surface area contributed by atoms with E-state index < -0.39 is 29.9 Å². The first-order valence-electron chi connectivity index (χ1n) is 15.6. The number of ketones is 1. The molecule has 0 bridgehead atoms. The number of fused-ring (bicyclic) bond motifs is 5. The first kappa shape index (κ1) is 31.2. The third-order valence-electron chi connectivity index (χ3n) is 11.1. The van der Waals surface area contributed by atoms with Crippen LogP contribution in [0.4, 0.5) is 0 Å². The third-order valence-corrected chi connectivity index (χ3v) is 11.1. The van der Waals surface area contributed by atoms with Gasteiger partial charge in [-0.2, -0.15) is 0 Å². The van der Waals surface area contributed by atoms with Crippen LogP contribution in [0.25, 0.3) is 0 Å². The van der Waals surface area contributed by atoms with Crippen LogP contribution in [0.1, 0.15) is 105 Å². The van der Waals surface area contributed by atoms with Crippen molar-refractivity contribution < 1.29 is 29.1 Å². The summed E-state index contributed by atoms with van der Waals surface area (Å²) in [4.78, 5) is 53.9. The van der Waals surface area contributed by atoms with Gasteiger partial charge in [0, 0.05) is 5.92 Å². The lowest BCUT2D eigenvalue weighted by Crippen LogP contribution is -2.51. The summed E-state index contributed by atoms with van der Waals surface area (Å²) in [6, 6.07) is -1.86. The number of aliphatic carboxylic acids is 1. The van der Waals surface area contributed by atoms with Crippen LogP contribution in [0.5, 0.6) is 0 Å². The SMILES string of the molecule is CCCC[C@H](NC(=O)[C@@H](C)NC(=O)CO/N=C1\C=C2CC[C@H]3[C@@H]4CC[C@H](C(C)=O)[C@@]4(C)CC[C@@H]3[C@@]2(C)CC1)C(=O)O. The zero-order chi connectivity index (χ0) is 29.9. The van der Waals surface area contributed by atoms with Crippen molar-refractivity contribution in [1.82, 2.24) is 10.6 Å². The van der Waals surface area contributed by atoms with E-state index in [1.807, 2.05) is 6.92 Å². The van der Waals surface area contributed by atoms with Gasteiger partial charge in [-0.3, -0.25) is 14.4 Å². The Hall–Kier alpha value is -2.71. The van der Waals surface area contributed by atoms with E-state index in [0.29, 0.717) is 36.4 Å². The Morgan fingerprint density at radius 3 is 2.51 bits per heavy atom. The molecule has 9 nitrogen and oxygen atoms in total. The lowest BCUT2D eigenvalue weighted by Gasteiger charge is -2.58. The molecule has 4 aliphatic rings. The van der Waals surface area contributed by atoms with Crippen molar-refractivity contribution in [2.75, 3.05) is 6.61 Å². The molecule has 0 aromatic rings. The number of carbonyl (C=O) groups excluding carboxylic acids is 3. The van der Waals surface area contributed by atoms with Gasteiger partial charge in [0.1, 0.15) is 17.9 Å². The number of carboxylic acids is 1. The van der Waals surface area contributed by atoms with Gasteiger partial charge in [-0.15, -0.1) is 0 Å². The summed E-state index contributed by atoms with van der Waals surface area (Å²) in [5.74, 6) is 0.427. The average Bonchev–Trinajstić information content (AvgIpc) is 3.28. The molecule has 0 spiro atoms. The van der Waals surface area contributed by atoms with E-state index in [0.717, 1.165) is 50.7 Å². The van der Waals surface area contributed by atoms with Crippen LogP contribution in [-0.4, -0.2) is 53.1 Å². The van der Waals surface area contributed by atoms with E-state index in [4.69, 9.17) is 4.84 Å². The summed E-state index contributed by atoms with van der Waals surface area (Å²) in [5, 5.41) is 18.6. The smallest absolute Gasteiger partial charge is 0.326 e. The van der Waals surface area contributed by atoms with Crippen LogP contribution in [0.2, 0.25) is 0 Å². The first-order chi connectivity index (χ1) is 19.4. The Labute approximate surface area is 244 Å². The Morgan fingerprint density at radius 2 is 1.83 bits per heavy atom. The molecule has 4 aliphatic carbocycles. The predicted octanol–water partition coefficient (Wildman–Crippen LogP) is 4.79. The molecule has 9 heteroatoms. The highest BCUT2D eigenvalue weighted by Gasteiger charge is 2.59. The predicted molar refractivity (Wildman–Crippen MR) is 156 cm³/mol. The van der Waals surface area contributed by atoms with Gasteiger partial charge in [-0.25, -0.2) is 4.79 Å².